The third kappa shape index (κ3) is 6.02. The van der Waals surface area contributed by atoms with E-state index < -0.39 is 0 Å². The van der Waals surface area contributed by atoms with Crippen LogP contribution >= 0.6 is 0 Å². The SMILES string of the molecule is CC1(C)c2ccccc2-c2ccc(N(c3ccc(-c4ccccc4-c4cccc5ccccc45)cc3)c3ccc4c(c3)oc3c(-c5ccccc5-c5ccccc5)cccc34)cc21. The smallest absolute Gasteiger partial charge is 0.143 e. The molecule has 2 nitrogen and oxygen atoms in total. The molecule has 0 aliphatic heterocycles. The summed E-state index contributed by atoms with van der Waals surface area (Å²) in [5, 5.41) is 4.70. The zero-order valence-electron chi connectivity index (χ0n) is 35.2. The Hall–Kier alpha value is -7.94. The van der Waals surface area contributed by atoms with E-state index in [1.54, 1.807) is 0 Å². The summed E-state index contributed by atoms with van der Waals surface area (Å²) in [6.45, 7) is 4.70. The van der Waals surface area contributed by atoms with E-state index in [0.717, 1.165) is 50.1 Å². The second kappa shape index (κ2) is 14.6. The standard InChI is InChI=1S/C61H43NO/c1-61(2)57-29-13-12-25-52(57)53-36-34-44(38-58(53)61)62(43-32-30-42(31-33-43)48-22-8-10-23-49(48)50-26-14-19-41-18-6-7-20-46(41)50)45-35-37-54-56-28-15-27-55(60(56)63-59(54)39-45)51-24-11-9-21-47(51)40-16-4-3-5-17-40/h3-39H,1-2H3. The number of fused-ring (bicyclic) bond motifs is 7. The Morgan fingerprint density at radius 3 is 1.65 bits per heavy atom. The molecule has 0 bridgehead atoms. The molecule has 1 aromatic heterocycles. The first kappa shape index (κ1) is 36.9. The van der Waals surface area contributed by atoms with Crippen molar-refractivity contribution in [1.82, 2.24) is 0 Å². The summed E-state index contributed by atoms with van der Waals surface area (Å²) >= 11 is 0. The van der Waals surface area contributed by atoms with Crippen molar-refractivity contribution in [3.63, 3.8) is 0 Å². The number of hydrogen-bond acceptors (Lipinski definition) is 2. The number of para-hydroxylation sites is 1. The van der Waals surface area contributed by atoms with Crippen molar-refractivity contribution in [3.05, 3.63) is 236 Å². The Morgan fingerprint density at radius 2 is 0.857 bits per heavy atom. The average molecular weight is 806 g/mol. The number of hydrogen-bond donors (Lipinski definition) is 0. The summed E-state index contributed by atoms with van der Waals surface area (Å²) in [7, 11) is 0. The summed E-state index contributed by atoms with van der Waals surface area (Å²) in [6, 6.07) is 81.4. The zero-order chi connectivity index (χ0) is 42.1. The van der Waals surface area contributed by atoms with Gasteiger partial charge < -0.3 is 9.32 Å². The topological polar surface area (TPSA) is 16.4 Å². The van der Waals surface area contributed by atoms with E-state index in [1.165, 1.54) is 66.4 Å². The van der Waals surface area contributed by atoms with Crippen LogP contribution in [-0.4, -0.2) is 0 Å². The predicted molar refractivity (Wildman–Crippen MR) is 265 cm³/mol. The van der Waals surface area contributed by atoms with E-state index in [1.807, 2.05) is 0 Å². The van der Waals surface area contributed by atoms with Gasteiger partial charge in [-0.1, -0.05) is 196 Å². The van der Waals surface area contributed by atoms with Crippen molar-refractivity contribution >= 4 is 49.8 Å². The van der Waals surface area contributed by atoms with Gasteiger partial charge in [0.05, 0.1) is 0 Å². The van der Waals surface area contributed by atoms with Gasteiger partial charge in [-0.3, -0.25) is 0 Å². The van der Waals surface area contributed by atoms with E-state index >= 15 is 0 Å². The maximum Gasteiger partial charge on any atom is 0.143 e. The van der Waals surface area contributed by atoms with E-state index in [0.29, 0.717) is 0 Å². The highest BCUT2D eigenvalue weighted by atomic mass is 16.3. The van der Waals surface area contributed by atoms with Crippen molar-refractivity contribution in [2.24, 2.45) is 0 Å². The Balaban J connectivity index is 1.00. The summed E-state index contributed by atoms with van der Waals surface area (Å²) in [6.07, 6.45) is 0. The van der Waals surface area contributed by atoms with Crippen LogP contribution < -0.4 is 4.90 Å². The molecule has 0 radical (unpaired) electrons. The fraction of sp³-hybridized carbons (Fsp3) is 0.0492. The molecule has 0 unspecified atom stereocenters. The molecule has 1 aliphatic rings. The van der Waals surface area contributed by atoms with Crippen LogP contribution in [0.2, 0.25) is 0 Å². The third-order valence-corrected chi connectivity index (χ3v) is 13.3. The zero-order valence-corrected chi connectivity index (χ0v) is 35.2. The third-order valence-electron chi connectivity index (χ3n) is 13.3. The lowest BCUT2D eigenvalue weighted by atomic mass is 9.82. The van der Waals surface area contributed by atoms with Crippen LogP contribution in [0.15, 0.2) is 229 Å². The fourth-order valence-corrected chi connectivity index (χ4v) is 10.2. The molecule has 11 aromatic rings. The van der Waals surface area contributed by atoms with Gasteiger partial charge in [0.2, 0.25) is 0 Å². The summed E-state index contributed by atoms with van der Waals surface area (Å²) in [5.41, 5.74) is 19.6. The Morgan fingerprint density at radius 1 is 0.333 bits per heavy atom. The maximum absolute atomic E-state index is 6.98. The van der Waals surface area contributed by atoms with E-state index in [2.05, 4.69) is 243 Å². The molecule has 0 saturated heterocycles. The first-order valence-corrected chi connectivity index (χ1v) is 21.8. The minimum atomic E-state index is -0.141. The van der Waals surface area contributed by atoms with Gasteiger partial charge in [0, 0.05) is 44.9 Å². The van der Waals surface area contributed by atoms with Gasteiger partial charge in [-0.2, -0.15) is 0 Å². The van der Waals surface area contributed by atoms with Gasteiger partial charge in [-0.15, -0.1) is 0 Å². The van der Waals surface area contributed by atoms with Crippen molar-refractivity contribution in [2.45, 2.75) is 19.3 Å². The second-order valence-corrected chi connectivity index (χ2v) is 17.2. The highest BCUT2D eigenvalue weighted by Gasteiger charge is 2.36. The molecule has 1 aliphatic carbocycles. The van der Waals surface area contributed by atoms with E-state index in [9.17, 15) is 0 Å². The quantitative estimate of drug-likeness (QED) is 0.160. The van der Waals surface area contributed by atoms with Gasteiger partial charge in [-0.05, 0) is 108 Å². The minimum Gasteiger partial charge on any atom is -0.455 e. The highest BCUT2D eigenvalue weighted by Crippen LogP contribution is 2.51. The van der Waals surface area contributed by atoms with Crippen LogP contribution in [0.3, 0.4) is 0 Å². The van der Waals surface area contributed by atoms with Crippen LogP contribution in [0.1, 0.15) is 25.0 Å². The molecule has 0 fully saturated rings. The van der Waals surface area contributed by atoms with Crippen LogP contribution in [0.25, 0.3) is 88.3 Å². The van der Waals surface area contributed by atoms with Gasteiger partial charge in [0.15, 0.2) is 0 Å². The Bertz CT molecular complexity index is 3530. The van der Waals surface area contributed by atoms with Crippen molar-refractivity contribution in [3.8, 4) is 55.6 Å². The highest BCUT2D eigenvalue weighted by molar-refractivity contribution is 6.11. The van der Waals surface area contributed by atoms with Gasteiger partial charge >= 0.3 is 0 Å². The molecule has 12 rings (SSSR count). The van der Waals surface area contributed by atoms with E-state index in [4.69, 9.17) is 4.42 Å². The molecule has 0 amide bonds. The molecule has 2 heteroatoms. The van der Waals surface area contributed by atoms with Crippen molar-refractivity contribution in [2.75, 3.05) is 4.90 Å². The van der Waals surface area contributed by atoms with Gasteiger partial charge in [0.25, 0.3) is 0 Å². The van der Waals surface area contributed by atoms with Crippen LogP contribution in [0.5, 0.6) is 0 Å². The lowest BCUT2D eigenvalue weighted by molar-refractivity contribution is 0.660. The normalized spacial score (nSPS) is 12.7. The summed E-state index contributed by atoms with van der Waals surface area (Å²) in [4.78, 5) is 2.39. The number of rotatable bonds is 7. The maximum atomic E-state index is 6.98. The van der Waals surface area contributed by atoms with Crippen LogP contribution in [-0.2, 0) is 5.41 Å². The molecule has 0 atom stereocenters. The lowest BCUT2D eigenvalue weighted by Crippen LogP contribution is -2.16. The molecule has 0 saturated carbocycles. The molecule has 0 spiro atoms. The second-order valence-electron chi connectivity index (χ2n) is 17.2. The Labute approximate surface area is 368 Å². The average Bonchev–Trinajstić information content (AvgIpc) is 3.83. The molecular weight excluding hydrogens is 763 g/mol. The number of benzene rings is 10. The van der Waals surface area contributed by atoms with Crippen molar-refractivity contribution < 1.29 is 4.42 Å². The molecule has 298 valence electrons. The van der Waals surface area contributed by atoms with Crippen LogP contribution in [0.4, 0.5) is 17.1 Å². The molecule has 10 aromatic carbocycles. The van der Waals surface area contributed by atoms with Crippen LogP contribution in [0, 0.1) is 0 Å². The largest absolute Gasteiger partial charge is 0.455 e. The number of anilines is 3. The molecular formula is C61H43NO. The first-order chi connectivity index (χ1) is 31.0. The summed E-state index contributed by atoms with van der Waals surface area (Å²) in [5.74, 6) is 0. The predicted octanol–water partition coefficient (Wildman–Crippen LogP) is 17.2. The Kier molecular flexibility index (Phi) is 8.55. The molecule has 0 N–H and O–H groups in total. The number of nitrogens with zero attached hydrogens (tertiary/aromatic N) is 1. The first-order valence-electron chi connectivity index (χ1n) is 21.8. The van der Waals surface area contributed by atoms with E-state index in [-0.39, 0.29) is 5.41 Å². The fourth-order valence-electron chi connectivity index (χ4n) is 10.2. The number of furan rings is 1. The summed E-state index contributed by atoms with van der Waals surface area (Å²) < 4.78 is 6.98. The van der Waals surface area contributed by atoms with Crippen molar-refractivity contribution in [1.29, 1.82) is 0 Å². The lowest BCUT2D eigenvalue weighted by Gasteiger charge is -2.28. The molecule has 63 heavy (non-hydrogen) atoms. The minimum absolute atomic E-state index is 0.141. The monoisotopic (exact) mass is 805 g/mol. The van der Waals surface area contributed by atoms with Gasteiger partial charge in [0.1, 0.15) is 11.2 Å². The molecule has 1 heterocycles. The van der Waals surface area contributed by atoms with Gasteiger partial charge in [-0.25, -0.2) is 0 Å².